The number of benzene rings is 1. The molecule has 19 heavy (non-hydrogen) atoms. The van der Waals surface area contributed by atoms with E-state index in [4.69, 9.17) is 5.21 Å². The molecular formula is C10H9N3O5S. The van der Waals surface area contributed by atoms with E-state index >= 15 is 0 Å². The summed E-state index contributed by atoms with van der Waals surface area (Å²) in [5, 5.41) is 24.2. The third-order valence-corrected chi connectivity index (χ3v) is 4.01. The first-order valence-corrected chi connectivity index (χ1v) is 6.75. The normalized spacial score (nSPS) is 19.7. The molecule has 0 radical (unpaired) electrons. The maximum absolute atomic E-state index is 11.6. The lowest BCUT2D eigenvalue weighted by atomic mass is 10.3. The van der Waals surface area contributed by atoms with Crippen molar-refractivity contribution in [3.8, 4) is 0 Å². The molecule has 0 amide bonds. The van der Waals surface area contributed by atoms with Crippen LogP contribution in [0.2, 0.25) is 0 Å². The van der Waals surface area contributed by atoms with Gasteiger partial charge in [0, 0.05) is 5.69 Å². The highest BCUT2D eigenvalue weighted by Crippen LogP contribution is 2.24. The average Bonchev–Trinajstić information content (AvgIpc) is 2.61. The number of nitro groups is 1. The van der Waals surface area contributed by atoms with Crippen LogP contribution in [0.4, 0.5) is 5.69 Å². The van der Waals surface area contributed by atoms with Crippen molar-refractivity contribution in [3.05, 3.63) is 51.8 Å². The van der Waals surface area contributed by atoms with Gasteiger partial charge < -0.3 is 10.5 Å². The number of nitrogens with one attached hydrogen (secondary N) is 1. The second-order valence-corrected chi connectivity index (χ2v) is 5.64. The molecule has 0 aromatic heterocycles. The average molecular weight is 283 g/mol. The van der Waals surface area contributed by atoms with Crippen molar-refractivity contribution in [3.63, 3.8) is 0 Å². The molecule has 0 bridgehead atoms. The van der Waals surface area contributed by atoms with Gasteiger partial charge in [0.05, 0.1) is 4.92 Å². The van der Waals surface area contributed by atoms with E-state index in [0.717, 1.165) is 0 Å². The predicted molar refractivity (Wildman–Crippen MR) is 67.1 cm³/mol. The quantitative estimate of drug-likeness (QED) is 0.480. The zero-order valence-electron chi connectivity index (χ0n) is 9.48. The molecule has 1 aliphatic rings. The third-order valence-electron chi connectivity index (χ3n) is 2.48. The zero-order chi connectivity index (χ0) is 14.0. The Morgan fingerprint density at radius 2 is 1.95 bits per heavy atom. The fraction of sp³-hybridized carbons (Fsp3) is 0.100. The number of para-hydroxylation sites is 1. The smallest absolute Gasteiger partial charge is 0.287 e. The summed E-state index contributed by atoms with van der Waals surface area (Å²) in [7, 11) is -3.98. The first-order valence-electron chi connectivity index (χ1n) is 5.10. The standard InChI is InChI=1S/C10H9N3O5S/c14-12-10-9(11-7-4-2-1-3-5-7)8(13(15)16)6-19(10,17)18/h1-5,11,14H,6H2. The van der Waals surface area contributed by atoms with Gasteiger partial charge in [-0.3, -0.25) is 10.1 Å². The van der Waals surface area contributed by atoms with Gasteiger partial charge in [-0.25, -0.2) is 8.42 Å². The maximum Gasteiger partial charge on any atom is 0.287 e. The summed E-state index contributed by atoms with van der Waals surface area (Å²) in [6, 6.07) is 8.29. The van der Waals surface area contributed by atoms with Gasteiger partial charge in [-0.2, -0.15) is 0 Å². The molecule has 100 valence electrons. The Bertz CT molecular complexity index is 678. The monoisotopic (exact) mass is 283 g/mol. The van der Waals surface area contributed by atoms with Crippen molar-refractivity contribution in [1.29, 1.82) is 0 Å². The summed E-state index contributed by atoms with van der Waals surface area (Å²) in [5.41, 5.74) is -0.398. The van der Waals surface area contributed by atoms with Crippen LogP contribution in [0, 0.1) is 10.1 Å². The minimum Gasteiger partial charge on any atom is -0.410 e. The molecular weight excluding hydrogens is 274 g/mol. The van der Waals surface area contributed by atoms with Gasteiger partial charge >= 0.3 is 0 Å². The molecule has 1 aromatic rings. The summed E-state index contributed by atoms with van der Waals surface area (Å²) in [6.07, 6.45) is 0. The van der Waals surface area contributed by atoms with Gasteiger partial charge in [-0.05, 0) is 12.1 Å². The fourth-order valence-electron chi connectivity index (χ4n) is 1.65. The van der Waals surface area contributed by atoms with Gasteiger partial charge in [0.2, 0.25) is 14.9 Å². The lowest BCUT2D eigenvalue weighted by Gasteiger charge is -2.05. The molecule has 0 unspecified atom stereocenters. The number of hydrogen-bond acceptors (Lipinski definition) is 7. The summed E-state index contributed by atoms with van der Waals surface area (Å²) in [4.78, 5) is 10.1. The lowest BCUT2D eigenvalue weighted by molar-refractivity contribution is -0.423. The number of anilines is 1. The molecule has 2 rings (SSSR count). The molecule has 1 aromatic carbocycles. The van der Waals surface area contributed by atoms with Crippen LogP contribution < -0.4 is 5.32 Å². The topological polar surface area (TPSA) is 122 Å². The minimum absolute atomic E-state index is 0.307. The minimum atomic E-state index is -3.98. The van der Waals surface area contributed by atoms with E-state index < -0.39 is 31.3 Å². The van der Waals surface area contributed by atoms with Gasteiger partial charge in [0.15, 0.2) is 5.70 Å². The number of oxime groups is 1. The zero-order valence-corrected chi connectivity index (χ0v) is 10.3. The Labute approximate surface area is 108 Å². The van der Waals surface area contributed by atoms with E-state index in [2.05, 4.69) is 10.5 Å². The molecule has 0 saturated carbocycles. The van der Waals surface area contributed by atoms with Crippen molar-refractivity contribution in [1.82, 2.24) is 0 Å². The third kappa shape index (κ3) is 2.40. The van der Waals surface area contributed by atoms with Crippen LogP contribution in [0.15, 0.2) is 46.9 Å². The maximum atomic E-state index is 11.6. The van der Waals surface area contributed by atoms with Crippen molar-refractivity contribution in [2.75, 3.05) is 11.1 Å². The van der Waals surface area contributed by atoms with Crippen LogP contribution in [0.25, 0.3) is 0 Å². The Balaban J connectivity index is 2.49. The van der Waals surface area contributed by atoms with Crippen LogP contribution in [0.3, 0.4) is 0 Å². The second-order valence-electron chi connectivity index (χ2n) is 3.73. The van der Waals surface area contributed by atoms with E-state index in [9.17, 15) is 18.5 Å². The van der Waals surface area contributed by atoms with E-state index in [0.29, 0.717) is 5.69 Å². The molecule has 0 fully saturated rings. The van der Waals surface area contributed by atoms with Crippen molar-refractivity contribution in [2.45, 2.75) is 0 Å². The highest BCUT2D eigenvalue weighted by molar-refractivity contribution is 8.07. The highest BCUT2D eigenvalue weighted by atomic mass is 32.2. The van der Waals surface area contributed by atoms with E-state index in [-0.39, 0.29) is 5.70 Å². The van der Waals surface area contributed by atoms with Crippen LogP contribution in [-0.2, 0) is 9.84 Å². The Morgan fingerprint density at radius 1 is 1.32 bits per heavy atom. The largest absolute Gasteiger partial charge is 0.410 e. The molecule has 2 N–H and O–H groups in total. The van der Waals surface area contributed by atoms with E-state index in [1.54, 1.807) is 30.3 Å². The van der Waals surface area contributed by atoms with Crippen LogP contribution >= 0.6 is 0 Å². The number of rotatable bonds is 3. The fourth-order valence-corrected chi connectivity index (χ4v) is 3.00. The molecule has 1 heterocycles. The number of sulfone groups is 1. The molecule has 0 saturated heterocycles. The summed E-state index contributed by atoms with van der Waals surface area (Å²) in [6.45, 7) is 0. The van der Waals surface area contributed by atoms with Crippen molar-refractivity contribution in [2.24, 2.45) is 5.16 Å². The Hall–Kier alpha value is -2.42. The molecule has 0 spiro atoms. The lowest BCUT2D eigenvalue weighted by Crippen LogP contribution is -2.16. The van der Waals surface area contributed by atoms with Crippen molar-refractivity contribution >= 4 is 20.6 Å². The van der Waals surface area contributed by atoms with Gasteiger partial charge in [-0.1, -0.05) is 23.4 Å². The van der Waals surface area contributed by atoms with Crippen LogP contribution in [0.1, 0.15) is 0 Å². The molecule has 0 atom stereocenters. The molecule has 0 aliphatic carbocycles. The Morgan fingerprint density at radius 3 is 2.47 bits per heavy atom. The van der Waals surface area contributed by atoms with Crippen LogP contribution in [0.5, 0.6) is 0 Å². The van der Waals surface area contributed by atoms with Crippen molar-refractivity contribution < 1.29 is 18.5 Å². The first-order chi connectivity index (χ1) is 8.95. The molecule has 8 nitrogen and oxygen atoms in total. The SMILES string of the molecule is O=[N+]([O-])C1=C(Nc2ccccc2)C(=NO)S(=O)(=O)C1. The Kier molecular flexibility index (Phi) is 3.21. The number of nitrogens with zero attached hydrogens (tertiary/aromatic N) is 2. The highest BCUT2D eigenvalue weighted by Gasteiger charge is 2.43. The number of hydrogen-bond donors (Lipinski definition) is 2. The first kappa shape index (κ1) is 13.0. The van der Waals surface area contributed by atoms with E-state index in [1.807, 2.05) is 0 Å². The predicted octanol–water partition coefficient (Wildman–Crippen LogP) is 0.803. The summed E-state index contributed by atoms with van der Waals surface area (Å²) >= 11 is 0. The summed E-state index contributed by atoms with van der Waals surface area (Å²) < 4.78 is 23.3. The summed E-state index contributed by atoms with van der Waals surface area (Å²) in [5.74, 6) is -0.797. The van der Waals surface area contributed by atoms with Gasteiger partial charge in [-0.15, -0.1) is 0 Å². The van der Waals surface area contributed by atoms with E-state index in [1.165, 1.54) is 0 Å². The molecule has 1 aliphatic heterocycles. The molecule has 9 heteroatoms. The van der Waals surface area contributed by atoms with Gasteiger partial charge in [0.1, 0.15) is 5.75 Å². The second kappa shape index (κ2) is 4.69. The van der Waals surface area contributed by atoms with Crippen LogP contribution in [-0.4, -0.2) is 29.3 Å². The van der Waals surface area contributed by atoms with Gasteiger partial charge in [0.25, 0.3) is 5.70 Å².